The molecule has 2 saturated carbocycles. The molecule has 1 unspecified atom stereocenters. The lowest BCUT2D eigenvalue weighted by molar-refractivity contribution is -0.384. The first-order valence-corrected chi connectivity index (χ1v) is 28.9. The number of sulfonamides is 1. The lowest BCUT2D eigenvalue weighted by atomic mass is 9.59. The van der Waals surface area contributed by atoms with Crippen LogP contribution >= 0.6 is 0 Å². The largest absolute Gasteiger partial charge is 0.492 e. The molecule has 1 atom stereocenters. The number of piperidine rings is 1. The molecule has 0 radical (unpaired) electrons. The smallest absolute Gasteiger partial charge is 0.293 e. The molecule has 4 fully saturated rings. The van der Waals surface area contributed by atoms with Crippen LogP contribution in [0, 0.1) is 21.4 Å². The number of carbonyl (C=O) groups is 1. The summed E-state index contributed by atoms with van der Waals surface area (Å²) in [4.78, 5) is 40.7. The van der Waals surface area contributed by atoms with Gasteiger partial charge in [-0.3, -0.25) is 24.7 Å². The molecule has 3 aliphatic heterocycles. The van der Waals surface area contributed by atoms with Crippen LogP contribution in [0.3, 0.4) is 0 Å². The van der Waals surface area contributed by atoms with Gasteiger partial charge >= 0.3 is 0 Å². The third-order valence-electron chi connectivity index (χ3n) is 17.5. The molecule has 11 rings (SSSR count). The zero-order valence-corrected chi connectivity index (χ0v) is 45.7. The van der Waals surface area contributed by atoms with Crippen molar-refractivity contribution in [2.75, 3.05) is 56.1 Å². The number of benzene rings is 4. The van der Waals surface area contributed by atoms with Crippen molar-refractivity contribution in [1.82, 2.24) is 24.5 Å². The minimum atomic E-state index is -4.59. The van der Waals surface area contributed by atoms with Gasteiger partial charge in [0.1, 0.15) is 28.6 Å². The van der Waals surface area contributed by atoms with E-state index < -0.39 is 37.0 Å². The lowest BCUT2D eigenvalue weighted by Crippen LogP contribution is -2.60. The number of fused-ring (bicyclic) bond motifs is 2. The third kappa shape index (κ3) is 11.0. The number of H-pyrrole nitrogens is 1. The molecule has 4 aromatic carbocycles. The molecule has 406 valence electrons. The average Bonchev–Trinajstić information content (AvgIpc) is 4.06. The summed E-state index contributed by atoms with van der Waals surface area (Å²) in [6, 6.07) is 29.0. The highest BCUT2D eigenvalue weighted by Gasteiger charge is 2.50. The van der Waals surface area contributed by atoms with Gasteiger partial charge in [-0.15, -0.1) is 0 Å². The summed E-state index contributed by atoms with van der Waals surface area (Å²) in [6.07, 6.45) is 10.4. The second-order valence-electron chi connectivity index (χ2n) is 23.9. The Balaban J connectivity index is 0.776. The summed E-state index contributed by atoms with van der Waals surface area (Å²) in [5.41, 5.74) is 6.22. The number of aliphatic hydroxyl groups is 1. The van der Waals surface area contributed by atoms with Crippen molar-refractivity contribution in [3.8, 4) is 17.2 Å². The molecular weight excluding hydrogens is 993 g/mol. The van der Waals surface area contributed by atoms with Gasteiger partial charge in [0.15, 0.2) is 0 Å². The van der Waals surface area contributed by atoms with Crippen LogP contribution in [0.15, 0.2) is 108 Å². The summed E-state index contributed by atoms with van der Waals surface area (Å²) in [6.45, 7) is 17.5. The van der Waals surface area contributed by atoms with Gasteiger partial charge < -0.3 is 29.8 Å². The third-order valence-corrected chi connectivity index (χ3v) is 18.9. The maximum Gasteiger partial charge on any atom is 0.293 e. The zero-order valence-electron chi connectivity index (χ0n) is 44.9. The highest BCUT2D eigenvalue weighted by molar-refractivity contribution is 7.90. The van der Waals surface area contributed by atoms with E-state index in [9.17, 15) is 28.4 Å². The molecule has 2 saturated heterocycles. The van der Waals surface area contributed by atoms with Crippen LogP contribution < -0.4 is 24.4 Å². The summed E-state index contributed by atoms with van der Waals surface area (Å²) < 4.78 is 42.5. The number of piperazine rings is 1. The Hall–Kier alpha value is -6.53. The molecule has 17 heteroatoms. The summed E-state index contributed by atoms with van der Waals surface area (Å²) in [5.74, 6) is 1.19. The van der Waals surface area contributed by atoms with Gasteiger partial charge in [0.2, 0.25) is 0 Å². The predicted octanol–water partition coefficient (Wildman–Crippen LogP) is 10.8. The van der Waals surface area contributed by atoms with E-state index in [2.05, 4.69) is 105 Å². The number of nitro groups is 1. The van der Waals surface area contributed by atoms with Crippen LogP contribution in [0.2, 0.25) is 0 Å². The Morgan fingerprint density at radius 2 is 1.73 bits per heavy atom. The number of rotatable bonds is 15. The molecule has 1 spiro atoms. The second-order valence-corrected chi connectivity index (χ2v) is 25.6. The molecular formula is C60H72N8O8S. The fourth-order valence-electron chi connectivity index (χ4n) is 12.9. The topological polar surface area (TPSA) is 195 Å². The number of ether oxygens (including phenoxy) is 2. The fraction of sp³-hybridized carbons (Fsp3) is 0.467. The predicted molar refractivity (Wildman–Crippen MR) is 299 cm³/mol. The van der Waals surface area contributed by atoms with E-state index in [1.54, 1.807) is 30.6 Å². The number of hydrogen-bond donors (Lipinski definition) is 4. The number of aromatic amines is 1. The average molecular weight is 1070 g/mol. The van der Waals surface area contributed by atoms with Crippen molar-refractivity contribution in [2.45, 2.75) is 126 Å². The number of nitrogens with zero attached hydrogens (tertiary/aromatic N) is 5. The van der Waals surface area contributed by atoms with Crippen LogP contribution in [0.25, 0.3) is 11.0 Å². The number of anilines is 2. The zero-order chi connectivity index (χ0) is 53.9. The van der Waals surface area contributed by atoms with Gasteiger partial charge in [0.25, 0.3) is 21.6 Å². The van der Waals surface area contributed by atoms with E-state index in [0.29, 0.717) is 49.3 Å². The lowest BCUT2D eigenvalue weighted by Gasteiger charge is -2.58. The summed E-state index contributed by atoms with van der Waals surface area (Å²) >= 11 is 0. The SMILES string of the molecule is CC(C)c1ccccc1C1CN(Cc2ccc3c(c2)OCC3(C)C)CCN1C1CC2(CCN(c3ccc(C(=O)NS(=O)(=O)c4ccc(NCC5CCC(C)(O)CC5)c([N+](=O)[O-])c4)c(Oc4cnc5[nH]ccc5c4)c3)CC2)C1. The Morgan fingerprint density at radius 1 is 0.948 bits per heavy atom. The number of hydrogen-bond acceptors (Lipinski definition) is 13. The first-order valence-electron chi connectivity index (χ1n) is 27.5. The maximum absolute atomic E-state index is 14.1. The maximum atomic E-state index is 14.1. The van der Waals surface area contributed by atoms with E-state index in [1.165, 1.54) is 34.4 Å². The highest BCUT2D eigenvalue weighted by atomic mass is 32.2. The monoisotopic (exact) mass is 1060 g/mol. The number of amides is 1. The molecule has 5 heterocycles. The molecule has 0 bridgehead atoms. The van der Waals surface area contributed by atoms with Gasteiger partial charge in [0, 0.05) is 98.3 Å². The number of carbonyl (C=O) groups excluding carboxylic acids is 1. The molecule has 6 aromatic rings. The Labute approximate surface area is 451 Å². The molecule has 77 heavy (non-hydrogen) atoms. The van der Waals surface area contributed by atoms with E-state index in [1.807, 2.05) is 19.1 Å². The van der Waals surface area contributed by atoms with Crippen LogP contribution in [0.4, 0.5) is 17.1 Å². The minimum Gasteiger partial charge on any atom is -0.492 e. The summed E-state index contributed by atoms with van der Waals surface area (Å²) in [7, 11) is -4.59. The van der Waals surface area contributed by atoms with Crippen molar-refractivity contribution >= 4 is 44.0 Å². The highest BCUT2D eigenvalue weighted by Crippen LogP contribution is 2.54. The number of aromatic nitrogens is 2. The van der Waals surface area contributed by atoms with Gasteiger partial charge in [0.05, 0.1) is 33.8 Å². The van der Waals surface area contributed by atoms with Crippen molar-refractivity contribution in [3.05, 3.63) is 141 Å². The van der Waals surface area contributed by atoms with Crippen LogP contribution in [0.5, 0.6) is 17.2 Å². The van der Waals surface area contributed by atoms with Crippen LogP contribution in [-0.4, -0.2) is 102 Å². The molecule has 16 nitrogen and oxygen atoms in total. The first kappa shape index (κ1) is 52.5. The van der Waals surface area contributed by atoms with Gasteiger partial charge in [-0.25, -0.2) is 18.1 Å². The second kappa shape index (κ2) is 20.7. The van der Waals surface area contributed by atoms with E-state index in [4.69, 9.17) is 9.47 Å². The molecule has 5 aliphatic rings. The van der Waals surface area contributed by atoms with Crippen molar-refractivity contribution in [1.29, 1.82) is 0 Å². The van der Waals surface area contributed by atoms with Gasteiger partial charge in [-0.05, 0) is 135 Å². The molecule has 4 N–H and O–H groups in total. The first-order chi connectivity index (χ1) is 36.8. The van der Waals surface area contributed by atoms with E-state index >= 15 is 0 Å². The quantitative estimate of drug-likeness (QED) is 0.0561. The van der Waals surface area contributed by atoms with Crippen molar-refractivity contribution in [3.63, 3.8) is 0 Å². The van der Waals surface area contributed by atoms with Crippen molar-refractivity contribution < 1.29 is 32.7 Å². The van der Waals surface area contributed by atoms with Gasteiger partial charge in [-0.2, -0.15) is 0 Å². The Bertz CT molecular complexity index is 3290. The van der Waals surface area contributed by atoms with Crippen molar-refractivity contribution in [2.24, 2.45) is 11.3 Å². The molecule has 2 aromatic heterocycles. The van der Waals surface area contributed by atoms with Gasteiger partial charge in [-0.1, -0.05) is 64.1 Å². The van der Waals surface area contributed by atoms with E-state index in [0.717, 1.165) is 101 Å². The molecule has 1 amide bonds. The standard InChI is InChI=1S/C60H72N8O8S/c1-39(2)47-8-6-7-9-48(47)53-37-65(36-41-10-14-50-55(28-41)75-38-58(50,3)4)26-27-67(53)44-32-60(33-44)21-24-66(25-22-60)43-11-13-49(54(30-43)76-45-29-42-18-23-61-56(42)63-35-45)57(69)64-77(73,74)46-12-15-51(52(31-46)68(71)72)62-34-40-16-19-59(5,70)20-17-40/h6-15,18,23,28-31,35,39-40,44,53,62,70H,16-17,19-22,24-27,32-34,36-38H2,1-5H3,(H,61,63)(H,64,69). The Kier molecular flexibility index (Phi) is 14.1. The minimum absolute atomic E-state index is 0.0277. The Morgan fingerprint density at radius 3 is 2.49 bits per heavy atom. The number of pyridine rings is 1. The normalized spacial score (nSPS) is 22.6. The number of nitro benzene ring substituents is 1. The van der Waals surface area contributed by atoms with Crippen LogP contribution in [-0.2, 0) is 22.0 Å². The van der Waals surface area contributed by atoms with Crippen LogP contribution in [0.1, 0.15) is 131 Å². The number of nitrogens with one attached hydrogen (secondary N) is 3. The van der Waals surface area contributed by atoms with E-state index in [-0.39, 0.29) is 39.8 Å². The summed E-state index contributed by atoms with van der Waals surface area (Å²) in [5, 5.41) is 26.5. The molecule has 2 aliphatic carbocycles. The fourth-order valence-corrected chi connectivity index (χ4v) is 13.9.